The van der Waals surface area contributed by atoms with Crippen LogP contribution in [-0.4, -0.2) is 26.3 Å². The Kier molecular flexibility index (Phi) is 4.12. The topological polar surface area (TPSA) is 30.5 Å². The van der Waals surface area contributed by atoms with Crippen LogP contribution in [0.3, 0.4) is 0 Å². The van der Waals surface area contributed by atoms with Gasteiger partial charge in [-0.05, 0) is 49.4 Å². The van der Waals surface area contributed by atoms with E-state index in [4.69, 9.17) is 9.47 Å². The Hall–Kier alpha value is -1.22. The van der Waals surface area contributed by atoms with Crippen LogP contribution in [0.1, 0.15) is 31.4 Å². The first-order valence-corrected chi connectivity index (χ1v) is 6.67. The van der Waals surface area contributed by atoms with Crippen LogP contribution in [0.4, 0.5) is 0 Å². The molecule has 0 fully saturated rings. The number of benzene rings is 1. The van der Waals surface area contributed by atoms with Gasteiger partial charge in [0.15, 0.2) is 11.5 Å². The molecule has 0 spiro atoms. The zero-order valence-corrected chi connectivity index (χ0v) is 11.7. The van der Waals surface area contributed by atoms with Crippen LogP contribution in [0.5, 0.6) is 11.5 Å². The summed E-state index contributed by atoms with van der Waals surface area (Å²) in [6.45, 7) is 4.45. The first-order chi connectivity index (χ1) is 8.67. The molecular weight excluding hydrogens is 226 g/mol. The molecule has 1 aliphatic carbocycles. The Labute approximate surface area is 109 Å². The monoisotopic (exact) mass is 249 g/mol. The Balaban J connectivity index is 2.14. The number of ether oxygens (including phenoxy) is 2. The van der Waals surface area contributed by atoms with Gasteiger partial charge in [0.2, 0.25) is 0 Å². The summed E-state index contributed by atoms with van der Waals surface area (Å²) in [4.78, 5) is 0. The zero-order valence-electron chi connectivity index (χ0n) is 11.7. The van der Waals surface area contributed by atoms with Gasteiger partial charge >= 0.3 is 0 Å². The lowest BCUT2D eigenvalue weighted by Crippen LogP contribution is -2.36. The molecule has 0 saturated carbocycles. The largest absolute Gasteiger partial charge is 0.493 e. The van der Waals surface area contributed by atoms with Crippen molar-refractivity contribution in [3.63, 3.8) is 0 Å². The van der Waals surface area contributed by atoms with E-state index in [0.717, 1.165) is 24.3 Å². The Morgan fingerprint density at radius 1 is 1.17 bits per heavy atom. The van der Waals surface area contributed by atoms with Crippen molar-refractivity contribution in [2.24, 2.45) is 0 Å². The first kappa shape index (κ1) is 13.2. The van der Waals surface area contributed by atoms with Gasteiger partial charge in [0.25, 0.3) is 0 Å². The van der Waals surface area contributed by atoms with Crippen molar-refractivity contribution < 1.29 is 9.47 Å². The lowest BCUT2D eigenvalue weighted by Gasteiger charge is -2.17. The highest BCUT2D eigenvalue weighted by Gasteiger charge is 2.24. The highest BCUT2D eigenvalue weighted by molar-refractivity contribution is 5.49. The van der Waals surface area contributed by atoms with Gasteiger partial charge in [0.05, 0.1) is 14.2 Å². The van der Waals surface area contributed by atoms with E-state index in [1.165, 1.54) is 17.5 Å². The third-order valence-electron chi connectivity index (χ3n) is 3.77. The minimum Gasteiger partial charge on any atom is -0.493 e. The van der Waals surface area contributed by atoms with Gasteiger partial charge in [0, 0.05) is 12.1 Å². The minimum atomic E-state index is 0.548. The zero-order chi connectivity index (χ0) is 13.1. The maximum atomic E-state index is 5.35. The molecule has 100 valence electrons. The summed E-state index contributed by atoms with van der Waals surface area (Å²) in [7, 11) is 3.38. The van der Waals surface area contributed by atoms with Gasteiger partial charge in [-0.15, -0.1) is 0 Å². The molecule has 0 amide bonds. The van der Waals surface area contributed by atoms with Crippen molar-refractivity contribution in [2.45, 2.75) is 45.2 Å². The van der Waals surface area contributed by atoms with E-state index < -0.39 is 0 Å². The molecular formula is C15H23NO2. The van der Waals surface area contributed by atoms with Crippen LogP contribution in [0.25, 0.3) is 0 Å². The Bertz CT molecular complexity index is 384. The number of hydrogen-bond acceptors (Lipinski definition) is 3. The van der Waals surface area contributed by atoms with Crippen molar-refractivity contribution in [1.29, 1.82) is 0 Å². The summed E-state index contributed by atoms with van der Waals surface area (Å²) < 4.78 is 10.7. The summed E-state index contributed by atoms with van der Waals surface area (Å²) >= 11 is 0. The van der Waals surface area contributed by atoms with Crippen LogP contribution < -0.4 is 14.8 Å². The Morgan fingerprint density at radius 2 is 1.67 bits per heavy atom. The number of methoxy groups -OCH3 is 2. The van der Waals surface area contributed by atoms with E-state index in [9.17, 15) is 0 Å². The van der Waals surface area contributed by atoms with Gasteiger partial charge in [0.1, 0.15) is 0 Å². The van der Waals surface area contributed by atoms with Gasteiger partial charge in [-0.2, -0.15) is 0 Å². The van der Waals surface area contributed by atoms with Gasteiger partial charge in [-0.1, -0.05) is 6.92 Å². The molecule has 0 saturated heterocycles. The summed E-state index contributed by atoms with van der Waals surface area (Å²) in [6.07, 6.45) is 3.33. The van der Waals surface area contributed by atoms with Crippen LogP contribution in [0.15, 0.2) is 12.1 Å². The van der Waals surface area contributed by atoms with Crippen LogP contribution in [-0.2, 0) is 12.8 Å². The molecule has 0 heterocycles. The molecule has 1 aliphatic rings. The van der Waals surface area contributed by atoms with Gasteiger partial charge < -0.3 is 14.8 Å². The smallest absolute Gasteiger partial charge is 0.161 e. The molecule has 1 aromatic rings. The molecule has 1 N–H and O–H groups in total. The maximum absolute atomic E-state index is 5.35. The lowest BCUT2D eigenvalue weighted by molar-refractivity contribution is 0.354. The molecule has 3 nitrogen and oxygen atoms in total. The van der Waals surface area contributed by atoms with Crippen molar-refractivity contribution >= 4 is 0 Å². The molecule has 0 unspecified atom stereocenters. The molecule has 0 aromatic heterocycles. The van der Waals surface area contributed by atoms with Crippen LogP contribution >= 0.6 is 0 Å². The summed E-state index contributed by atoms with van der Waals surface area (Å²) in [5, 5.41) is 3.67. The van der Waals surface area contributed by atoms with E-state index in [0.29, 0.717) is 12.1 Å². The van der Waals surface area contributed by atoms with Crippen LogP contribution in [0.2, 0.25) is 0 Å². The van der Waals surface area contributed by atoms with E-state index in [1.54, 1.807) is 14.2 Å². The number of rotatable bonds is 5. The predicted octanol–water partition coefficient (Wildman–Crippen LogP) is 2.56. The molecule has 0 aliphatic heterocycles. The SMILES string of the molecule is CC[C@H](C)NC1Cc2cc(OC)c(OC)cc2C1. The van der Waals surface area contributed by atoms with Gasteiger partial charge in [-0.3, -0.25) is 0 Å². The molecule has 1 aromatic carbocycles. The van der Waals surface area contributed by atoms with Crippen LogP contribution in [0, 0.1) is 0 Å². The molecule has 0 radical (unpaired) electrons. The first-order valence-electron chi connectivity index (χ1n) is 6.67. The summed E-state index contributed by atoms with van der Waals surface area (Å²) in [5.74, 6) is 1.67. The molecule has 1 atom stereocenters. The average Bonchev–Trinajstić information content (AvgIpc) is 2.77. The quantitative estimate of drug-likeness (QED) is 0.870. The van der Waals surface area contributed by atoms with Crippen molar-refractivity contribution in [3.05, 3.63) is 23.3 Å². The van der Waals surface area contributed by atoms with Crippen molar-refractivity contribution in [3.8, 4) is 11.5 Å². The highest BCUT2D eigenvalue weighted by Crippen LogP contribution is 2.34. The second kappa shape index (κ2) is 5.61. The molecule has 2 rings (SSSR count). The van der Waals surface area contributed by atoms with Gasteiger partial charge in [-0.25, -0.2) is 0 Å². The third kappa shape index (κ3) is 2.61. The fraction of sp³-hybridized carbons (Fsp3) is 0.600. The molecule has 3 heteroatoms. The van der Waals surface area contributed by atoms with E-state index >= 15 is 0 Å². The summed E-state index contributed by atoms with van der Waals surface area (Å²) in [6, 6.07) is 5.36. The molecule has 0 bridgehead atoms. The minimum absolute atomic E-state index is 0.548. The second-order valence-corrected chi connectivity index (χ2v) is 5.06. The Morgan fingerprint density at radius 3 is 2.06 bits per heavy atom. The number of nitrogens with one attached hydrogen (secondary N) is 1. The summed E-state index contributed by atoms with van der Waals surface area (Å²) in [5.41, 5.74) is 2.77. The second-order valence-electron chi connectivity index (χ2n) is 5.06. The normalized spacial score (nSPS) is 16.4. The highest BCUT2D eigenvalue weighted by atomic mass is 16.5. The van der Waals surface area contributed by atoms with Crippen molar-refractivity contribution in [2.75, 3.05) is 14.2 Å². The van der Waals surface area contributed by atoms with E-state index in [1.807, 2.05) is 0 Å². The van der Waals surface area contributed by atoms with E-state index in [-0.39, 0.29) is 0 Å². The lowest BCUT2D eigenvalue weighted by atomic mass is 10.1. The predicted molar refractivity (Wildman–Crippen MR) is 73.6 cm³/mol. The third-order valence-corrected chi connectivity index (χ3v) is 3.77. The standard InChI is InChI=1S/C15H23NO2/c1-5-10(2)16-13-6-11-8-14(17-3)15(18-4)9-12(11)7-13/h8-10,13,16H,5-7H2,1-4H3/t10-/m0/s1. The van der Waals surface area contributed by atoms with E-state index in [2.05, 4.69) is 31.3 Å². The fourth-order valence-electron chi connectivity index (χ4n) is 2.58. The number of fused-ring (bicyclic) bond motifs is 1. The van der Waals surface area contributed by atoms with Crippen molar-refractivity contribution in [1.82, 2.24) is 5.32 Å². The maximum Gasteiger partial charge on any atom is 0.161 e. The number of hydrogen-bond donors (Lipinski definition) is 1. The average molecular weight is 249 g/mol. The fourth-order valence-corrected chi connectivity index (χ4v) is 2.58. The molecule has 18 heavy (non-hydrogen) atoms.